The Morgan fingerprint density at radius 1 is 1.00 bits per heavy atom. The van der Waals surface area contributed by atoms with Crippen LogP contribution < -0.4 is 19.5 Å². The second-order valence-electron chi connectivity index (χ2n) is 13.3. The van der Waals surface area contributed by atoms with Gasteiger partial charge in [0.25, 0.3) is 5.09 Å². The summed E-state index contributed by atoms with van der Waals surface area (Å²) in [6.45, 7) is -0.554. The molecular weight excluding hydrogens is 776 g/mol. The number of allylic oxidation sites excluding steroid dienone is 2. The van der Waals surface area contributed by atoms with Crippen LogP contribution in [-0.4, -0.2) is 76.8 Å². The lowest BCUT2D eigenvalue weighted by atomic mass is 9.89. The fraction of sp³-hybridized carbons (Fsp3) is 0.357. The summed E-state index contributed by atoms with van der Waals surface area (Å²) in [7, 11) is 1.39. The summed E-state index contributed by atoms with van der Waals surface area (Å²) in [5, 5.41) is 43.9. The van der Waals surface area contributed by atoms with Crippen LogP contribution in [0.1, 0.15) is 48.8 Å². The first-order chi connectivity index (χ1) is 27.9. The van der Waals surface area contributed by atoms with E-state index in [9.17, 15) is 39.8 Å². The Labute approximate surface area is 340 Å². The highest BCUT2D eigenvalue weighted by molar-refractivity contribution is 6.30. The molecule has 16 heteroatoms. The standard InChI is InChI=1S/C42H47ClN2O13/c1-54-39-21-28(16-20-41(50)56-25-29-11-13-30(14-12-29)26-57-45(52)53)15-19-38(39)58-42(51)24-44-40(49)10-5-3-2-4-9-34-35(37(48)23-36(34)47)18-17-32(46)27-55-33-8-6-7-31(43)22-33/h2,4,6-8,11-22,32,34-37,46-48H,3,5,9-10,23-27H2,1H3,(H,44,49)/b4-2-,18-17+,20-16+/t32-,34-,35-,36+,37-/m1/s1. The lowest BCUT2D eigenvalue weighted by molar-refractivity contribution is -0.763. The number of rotatable bonds is 22. The summed E-state index contributed by atoms with van der Waals surface area (Å²) in [5.74, 6) is -1.38. The van der Waals surface area contributed by atoms with E-state index in [1.54, 1.807) is 72.8 Å². The quantitative estimate of drug-likeness (QED) is 0.0193. The molecule has 0 bridgehead atoms. The molecule has 1 saturated carbocycles. The van der Waals surface area contributed by atoms with Gasteiger partial charge in [-0.3, -0.25) is 4.79 Å². The Morgan fingerprint density at radius 2 is 1.76 bits per heavy atom. The Bertz CT molecular complexity index is 1920. The van der Waals surface area contributed by atoms with Gasteiger partial charge in [0.15, 0.2) is 11.5 Å². The first kappa shape index (κ1) is 45.0. The van der Waals surface area contributed by atoms with Crippen molar-refractivity contribution >= 4 is 35.5 Å². The molecule has 0 aliphatic heterocycles. The van der Waals surface area contributed by atoms with Crippen LogP contribution in [0.2, 0.25) is 5.02 Å². The average molecular weight is 823 g/mol. The Morgan fingerprint density at radius 3 is 2.48 bits per heavy atom. The van der Waals surface area contributed by atoms with Crippen molar-refractivity contribution < 1.29 is 58.6 Å². The number of aliphatic hydroxyl groups excluding tert-OH is 3. The van der Waals surface area contributed by atoms with E-state index in [1.165, 1.54) is 25.3 Å². The molecule has 1 aliphatic carbocycles. The van der Waals surface area contributed by atoms with Crippen molar-refractivity contribution in [3.05, 3.63) is 129 Å². The molecule has 1 amide bonds. The van der Waals surface area contributed by atoms with Crippen molar-refractivity contribution in [3.8, 4) is 17.2 Å². The third kappa shape index (κ3) is 15.7. The molecule has 1 aliphatic rings. The van der Waals surface area contributed by atoms with Gasteiger partial charge in [0.05, 0.1) is 19.3 Å². The monoisotopic (exact) mass is 822 g/mol. The summed E-state index contributed by atoms with van der Waals surface area (Å²) in [6.07, 6.45) is 9.44. The predicted octanol–water partition coefficient (Wildman–Crippen LogP) is 5.31. The molecule has 3 aromatic rings. The van der Waals surface area contributed by atoms with E-state index in [0.717, 1.165) is 0 Å². The highest BCUT2D eigenvalue weighted by Crippen LogP contribution is 2.36. The number of halogens is 1. The normalized spacial score (nSPS) is 18.3. The van der Waals surface area contributed by atoms with Crippen molar-refractivity contribution in [2.45, 2.75) is 63.6 Å². The zero-order valence-corrected chi connectivity index (χ0v) is 32.6. The van der Waals surface area contributed by atoms with Gasteiger partial charge in [-0.1, -0.05) is 72.3 Å². The topological polar surface area (TPSA) is 213 Å². The van der Waals surface area contributed by atoms with Gasteiger partial charge in [-0.15, -0.1) is 10.1 Å². The van der Waals surface area contributed by atoms with Gasteiger partial charge in [0.1, 0.15) is 38.2 Å². The smallest absolute Gasteiger partial charge is 0.331 e. The van der Waals surface area contributed by atoms with Gasteiger partial charge in [0, 0.05) is 29.9 Å². The number of unbranched alkanes of at least 4 members (excludes halogenated alkanes) is 1. The van der Waals surface area contributed by atoms with Crippen molar-refractivity contribution in [1.82, 2.24) is 5.32 Å². The van der Waals surface area contributed by atoms with Gasteiger partial charge < -0.3 is 44.4 Å². The molecular formula is C42H47ClN2O13. The predicted molar refractivity (Wildman–Crippen MR) is 212 cm³/mol. The van der Waals surface area contributed by atoms with Crippen LogP contribution in [-0.2, 0) is 37.2 Å². The molecule has 15 nitrogen and oxygen atoms in total. The summed E-state index contributed by atoms with van der Waals surface area (Å²) >= 11 is 5.96. The number of carbonyl (C=O) groups excluding carboxylic acids is 3. The van der Waals surface area contributed by atoms with E-state index in [1.807, 2.05) is 12.2 Å². The van der Waals surface area contributed by atoms with Crippen molar-refractivity contribution in [2.24, 2.45) is 11.8 Å². The zero-order valence-electron chi connectivity index (χ0n) is 31.8. The molecule has 5 atom stereocenters. The van der Waals surface area contributed by atoms with Gasteiger partial charge >= 0.3 is 11.9 Å². The van der Waals surface area contributed by atoms with E-state index in [-0.39, 0.29) is 68.4 Å². The summed E-state index contributed by atoms with van der Waals surface area (Å²) in [4.78, 5) is 51.7. The highest BCUT2D eigenvalue weighted by Gasteiger charge is 2.39. The lowest BCUT2D eigenvalue weighted by Crippen LogP contribution is -2.31. The molecule has 58 heavy (non-hydrogen) atoms. The van der Waals surface area contributed by atoms with Crippen LogP contribution in [0.3, 0.4) is 0 Å². The van der Waals surface area contributed by atoms with Crippen LogP contribution in [0.25, 0.3) is 6.08 Å². The Hall–Kier alpha value is -5.74. The molecule has 1 fully saturated rings. The van der Waals surface area contributed by atoms with Gasteiger partial charge in [0.2, 0.25) is 5.91 Å². The summed E-state index contributed by atoms with van der Waals surface area (Å²) in [5.41, 5.74) is 1.83. The van der Waals surface area contributed by atoms with Crippen LogP contribution in [0.5, 0.6) is 17.2 Å². The third-order valence-electron chi connectivity index (χ3n) is 9.03. The van der Waals surface area contributed by atoms with E-state index in [2.05, 4.69) is 10.2 Å². The molecule has 0 heterocycles. The van der Waals surface area contributed by atoms with E-state index in [0.29, 0.717) is 46.7 Å². The molecule has 0 aromatic heterocycles. The molecule has 0 saturated heterocycles. The second kappa shape index (κ2) is 23.5. The average Bonchev–Trinajstić information content (AvgIpc) is 3.48. The van der Waals surface area contributed by atoms with Crippen molar-refractivity contribution in [3.63, 3.8) is 0 Å². The number of carbonyl (C=O) groups is 3. The molecule has 4 N–H and O–H groups in total. The number of nitrogens with zero attached hydrogens (tertiary/aromatic N) is 1. The number of amides is 1. The number of ether oxygens (including phenoxy) is 4. The van der Waals surface area contributed by atoms with Crippen LogP contribution in [0, 0.1) is 22.0 Å². The van der Waals surface area contributed by atoms with Gasteiger partial charge in [-0.25, -0.2) is 9.59 Å². The number of nitrogens with one attached hydrogen (secondary N) is 1. The fourth-order valence-electron chi connectivity index (χ4n) is 6.02. The van der Waals surface area contributed by atoms with E-state index < -0.39 is 35.3 Å². The maximum atomic E-state index is 12.5. The van der Waals surface area contributed by atoms with E-state index in [4.69, 9.17) is 30.5 Å². The largest absolute Gasteiger partial charge is 0.493 e. The highest BCUT2D eigenvalue weighted by atomic mass is 35.5. The summed E-state index contributed by atoms with van der Waals surface area (Å²) < 4.78 is 21.5. The maximum absolute atomic E-state index is 12.5. The number of benzene rings is 3. The van der Waals surface area contributed by atoms with Crippen molar-refractivity contribution in [2.75, 3.05) is 20.3 Å². The van der Waals surface area contributed by atoms with Gasteiger partial charge in [-0.2, -0.15) is 0 Å². The maximum Gasteiger partial charge on any atom is 0.331 e. The second-order valence-corrected chi connectivity index (χ2v) is 13.8. The minimum Gasteiger partial charge on any atom is -0.493 e. The van der Waals surface area contributed by atoms with Crippen LogP contribution in [0.4, 0.5) is 0 Å². The van der Waals surface area contributed by atoms with E-state index >= 15 is 0 Å². The number of esters is 2. The molecule has 0 spiro atoms. The molecule has 4 rings (SSSR count). The first-order valence-electron chi connectivity index (χ1n) is 18.5. The number of hydrogen-bond donors (Lipinski definition) is 4. The summed E-state index contributed by atoms with van der Waals surface area (Å²) in [6, 6.07) is 18.1. The molecule has 0 radical (unpaired) electrons. The SMILES string of the molecule is COc1cc(/C=C/C(=O)OCc2ccc(CO[N+](=O)[O-])cc2)ccc1OC(=O)CNC(=O)CCC/C=C\C[C@@H]1[C@@H](/C=C/[C@@H](O)COc2cccc(Cl)c2)[C@H](O)C[C@@H]1O. The zero-order chi connectivity index (χ0) is 41.9. The first-order valence-corrected chi connectivity index (χ1v) is 18.9. The number of methoxy groups -OCH3 is 1. The molecule has 0 unspecified atom stereocenters. The minimum atomic E-state index is -0.919. The molecule has 3 aromatic carbocycles. The Balaban J connectivity index is 1.12. The van der Waals surface area contributed by atoms with Gasteiger partial charge in [-0.05, 0) is 78.3 Å². The van der Waals surface area contributed by atoms with Crippen LogP contribution in [0.15, 0.2) is 97.1 Å². The molecule has 310 valence electrons. The van der Waals surface area contributed by atoms with Crippen molar-refractivity contribution in [1.29, 1.82) is 0 Å². The fourth-order valence-corrected chi connectivity index (χ4v) is 6.20. The Kier molecular flexibility index (Phi) is 18.2. The third-order valence-corrected chi connectivity index (χ3v) is 9.27. The lowest BCUT2D eigenvalue weighted by Gasteiger charge is -2.19. The number of hydrogen-bond acceptors (Lipinski definition) is 13. The van der Waals surface area contributed by atoms with Crippen LogP contribution >= 0.6 is 11.6 Å². The number of aliphatic hydroxyl groups is 3. The minimum absolute atomic E-state index is 0.00275.